The van der Waals surface area contributed by atoms with Crippen LogP contribution in [0.2, 0.25) is 0 Å². The molecule has 1 fully saturated rings. The lowest BCUT2D eigenvalue weighted by molar-refractivity contribution is -0.138. The number of halogens is 1. The summed E-state index contributed by atoms with van der Waals surface area (Å²) in [7, 11) is 2.05. The van der Waals surface area contributed by atoms with E-state index in [1.807, 2.05) is 11.9 Å². The van der Waals surface area contributed by atoms with E-state index in [1.54, 1.807) is 12.1 Å². The summed E-state index contributed by atoms with van der Waals surface area (Å²) in [6.07, 6.45) is 0.134. The first-order valence-electron chi connectivity index (χ1n) is 6.67. The maximum atomic E-state index is 14.1. The number of carboxylic acid groups (broad SMARTS) is 1. The third-order valence-electron chi connectivity index (χ3n) is 3.63. The van der Waals surface area contributed by atoms with Crippen LogP contribution in [0.4, 0.5) is 10.1 Å². The Bertz CT molecular complexity index is 487. The average molecular weight is 281 g/mol. The van der Waals surface area contributed by atoms with Gasteiger partial charge >= 0.3 is 5.97 Å². The maximum absolute atomic E-state index is 14.1. The summed E-state index contributed by atoms with van der Waals surface area (Å²) < 4.78 is 14.1. The molecule has 3 N–H and O–H groups in total. The fraction of sp³-hybridized carbons (Fsp3) is 0.500. The number of carboxylic acids is 1. The van der Waals surface area contributed by atoms with Crippen molar-refractivity contribution in [2.45, 2.75) is 12.5 Å². The number of likely N-dealkylation sites (N-methyl/N-ethyl adjacent to an activating group) is 1. The second-order valence-electron chi connectivity index (χ2n) is 5.22. The Morgan fingerprint density at radius 2 is 2.05 bits per heavy atom. The van der Waals surface area contributed by atoms with Crippen LogP contribution in [0.5, 0.6) is 0 Å². The fourth-order valence-corrected chi connectivity index (χ4v) is 2.32. The first-order valence-corrected chi connectivity index (χ1v) is 6.67. The fourth-order valence-electron chi connectivity index (χ4n) is 2.32. The van der Waals surface area contributed by atoms with Crippen molar-refractivity contribution < 1.29 is 14.3 Å². The number of hydrogen-bond donors (Lipinski definition) is 2. The van der Waals surface area contributed by atoms with Crippen LogP contribution in [0.1, 0.15) is 5.56 Å². The van der Waals surface area contributed by atoms with Gasteiger partial charge in [0.05, 0.1) is 5.69 Å². The SMILES string of the molecule is CN1CCN(c2ccc(CC(N)C(=O)O)cc2F)CC1. The van der Waals surface area contributed by atoms with E-state index in [0.29, 0.717) is 11.3 Å². The van der Waals surface area contributed by atoms with Crippen molar-refractivity contribution in [3.05, 3.63) is 29.6 Å². The zero-order valence-electron chi connectivity index (χ0n) is 11.6. The number of hydrogen-bond acceptors (Lipinski definition) is 4. The molecular formula is C14H20FN3O2. The highest BCUT2D eigenvalue weighted by Crippen LogP contribution is 2.22. The summed E-state index contributed by atoms with van der Waals surface area (Å²) in [6, 6.07) is 3.85. The quantitative estimate of drug-likeness (QED) is 0.842. The van der Waals surface area contributed by atoms with Gasteiger partial charge in [-0.2, -0.15) is 0 Å². The van der Waals surface area contributed by atoms with E-state index in [2.05, 4.69) is 4.90 Å². The van der Waals surface area contributed by atoms with Crippen molar-refractivity contribution in [3.63, 3.8) is 0 Å². The van der Waals surface area contributed by atoms with Crippen LogP contribution in [-0.2, 0) is 11.2 Å². The van der Waals surface area contributed by atoms with Gasteiger partial charge in [0.25, 0.3) is 0 Å². The molecule has 1 unspecified atom stereocenters. The first kappa shape index (κ1) is 14.7. The lowest BCUT2D eigenvalue weighted by Crippen LogP contribution is -2.44. The molecule has 5 nitrogen and oxygen atoms in total. The highest BCUT2D eigenvalue weighted by atomic mass is 19.1. The Kier molecular flexibility index (Phi) is 4.57. The summed E-state index contributed by atoms with van der Waals surface area (Å²) in [5.41, 5.74) is 6.64. The summed E-state index contributed by atoms with van der Waals surface area (Å²) >= 11 is 0. The number of benzene rings is 1. The molecule has 0 aliphatic carbocycles. The highest BCUT2D eigenvalue weighted by Gasteiger charge is 2.18. The van der Waals surface area contributed by atoms with Gasteiger partial charge in [-0.15, -0.1) is 0 Å². The first-order chi connectivity index (χ1) is 9.47. The van der Waals surface area contributed by atoms with Crippen LogP contribution in [-0.4, -0.2) is 55.2 Å². The largest absolute Gasteiger partial charge is 0.480 e. The monoisotopic (exact) mass is 281 g/mol. The molecule has 0 spiro atoms. The summed E-state index contributed by atoms with van der Waals surface area (Å²) in [4.78, 5) is 14.9. The van der Waals surface area contributed by atoms with Gasteiger partial charge in [0, 0.05) is 26.2 Å². The number of anilines is 1. The molecule has 6 heteroatoms. The van der Waals surface area contributed by atoms with Gasteiger partial charge in [0.1, 0.15) is 11.9 Å². The Morgan fingerprint density at radius 1 is 1.40 bits per heavy atom. The van der Waals surface area contributed by atoms with Crippen LogP contribution in [0.25, 0.3) is 0 Å². The summed E-state index contributed by atoms with van der Waals surface area (Å²) in [6.45, 7) is 3.40. The van der Waals surface area contributed by atoms with Gasteiger partial charge in [0.15, 0.2) is 0 Å². The van der Waals surface area contributed by atoms with Crippen molar-refractivity contribution in [2.75, 3.05) is 38.1 Å². The topological polar surface area (TPSA) is 69.8 Å². The molecule has 1 atom stereocenters. The molecular weight excluding hydrogens is 261 g/mol. The second kappa shape index (κ2) is 6.19. The molecule has 20 heavy (non-hydrogen) atoms. The average Bonchev–Trinajstić information content (AvgIpc) is 2.40. The van der Waals surface area contributed by atoms with Crippen molar-refractivity contribution in [1.82, 2.24) is 4.90 Å². The van der Waals surface area contributed by atoms with Crippen molar-refractivity contribution in [1.29, 1.82) is 0 Å². The molecule has 1 aromatic rings. The van der Waals surface area contributed by atoms with E-state index >= 15 is 0 Å². The molecule has 110 valence electrons. The van der Waals surface area contributed by atoms with Gasteiger partial charge in [-0.3, -0.25) is 4.79 Å². The number of piperazine rings is 1. The molecule has 0 saturated carbocycles. The number of rotatable bonds is 4. The highest BCUT2D eigenvalue weighted by molar-refractivity contribution is 5.73. The summed E-state index contributed by atoms with van der Waals surface area (Å²) in [5, 5.41) is 8.76. The minimum atomic E-state index is -1.08. The molecule has 0 radical (unpaired) electrons. The number of nitrogens with two attached hydrogens (primary N) is 1. The van der Waals surface area contributed by atoms with Crippen molar-refractivity contribution >= 4 is 11.7 Å². The van der Waals surface area contributed by atoms with Gasteiger partial charge in [-0.05, 0) is 31.2 Å². The van der Waals surface area contributed by atoms with Crippen LogP contribution in [0.15, 0.2) is 18.2 Å². The molecule has 1 aliphatic rings. The molecule has 1 saturated heterocycles. The van der Waals surface area contributed by atoms with Crippen LogP contribution < -0.4 is 10.6 Å². The van der Waals surface area contributed by atoms with Crippen molar-refractivity contribution in [2.24, 2.45) is 5.73 Å². The summed E-state index contributed by atoms with van der Waals surface area (Å²) in [5.74, 6) is -1.39. The van der Waals surface area contributed by atoms with Gasteiger partial charge in [-0.1, -0.05) is 6.07 Å². The lowest BCUT2D eigenvalue weighted by Gasteiger charge is -2.34. The van der Waals surface area contributed by atoms with Crippen LogP contribution >= 0.6 is 0 Å². The second-order valence-corrected chi connectivity index (χ2v) is 5.22. The maximum Gasteiger partial charge on any atom is 0.320 e. The van der Waals surface area contributed by atoms with E-state index in [9.17, 15) is 9.18 Å². The van der Waals surface area contributed by atoms with Crippen LogP contribution in [0.3, 0.4) is 0 Å². The standard InChI is InChI=1S/C14H20FN3O2/c1-17-4-6-18(7-5-17)13-3-2-10(8-11(13)15)9-12(16)14(19)20/h2-3,8,12H,4-7,9,16H2,1H3,(H,19,20). The number of nitrogens with zero attached hydrogens (tertiary/aromatic N) is 2. The molecule has 0 amide bonds. The zero-order chi connectivity index (χ0) is 14.7. The minimum absolute atomic E-state index is 0.134. The van der Waals surface area contributed by atoms with Gasteiger partial charge in [0.2, 0.25) is 0 Å². The van der Waals surface area contributed by atoms with Crippen LogP contribution in [0, 0.1) is 5.82 Å². The number of aliphatic carboxylic acids is 1. The molecule has 2 rings (SSSR count). The van der Waals surface area contributed by atoms with Gasteiger partial charge in [-0.25, -0.2) is 4.39 Å². The van der Waals surface area contributed by atoms with Gasteiger partial charge < -0.3 is 20.6 Å². The third kappa shape index (κ3) is 3.46. The predicted molar refractivity (Wildman–Crippen MR) is 75.4 cm³/mol. The van der Waals surface area contributed by atoms with E-state index in [0.717, 1.165) is 26.2 Å². The van der Waals surface area contributed by atoms with E-state index in [1.165, 1.54) is 6.07 Å². The normalized spacial score (nSPS) is 18.1. The molecule has 1 aromatic carbocycles. The molecule has 0 aromatic heterocycles. The Balaban J connectivity index is 2.08. The Morgan fingerprint density at radius 3 is 2.60 bits per heavy atom. The molecule has 1 heterocycles. The van der Waals surface area contributed by atoms with E-state index in [4.69, 9.17) is 10.8 Å². The lowest BCUT2D eigenvalue weighted by atomic mass is 10.1. The zero-order valence-corrected chi connectivity index (χ0v) is 11.6. The Hall–Kier alpha value is -1.66. The third-order valence-corrected chi connectivity index (χ3v) is 3.63. The molecule has 1 aliphatic heterocycles. The predicted octanol–water partition coefficient (Wildman–Crippen LogP) is 0.532. The smallest absolute Gasteiger partial charge is 0.320 e. The van der Waals surface area contributed by atoms with E-state index in [-0.39, 0.29) is 12.2 Å². The minimum Gasteiger partial charge on any atom is -0.480 e. The molecule has 0 bridgehead atoms. The number of carbonyl (C=O) groups is 1. The van der Waals surface area contributed by atoms with E-state index < -0.39 is 12.0 Å². The van der Waals surface area contributed by atoms with Crippen molar-refractivity contribution in [3.8, 4) is 0 Å². The Labute approximate surface area is 117 Å².